The zero-order valence-corrected chi connectivity index (χ0v) is 14.8. The van der Waals surface area contributed by atoms with Crippen LogP contribution in [0.3, 0.4) is 0 Å². The minimum Gasteiger partial charge on any atom is -0.496 e. The summed E-state index contributed by atoms with van der Waals surface area (Å²) >= 11 is 6.08. The number of rotatable bonds is 6. The van der Waals surface area contributed by atoms with Gasteiger partial charge in [0.1, 0.15) is 5.75 Å². The molecule has 1 amide bonds. The molecule has 0 saturated carbocycles. The first-order chi connectivity index (χ1) is 10.6. The Hall–Kier alpha value is -1.56. The van der Waals surface area contributed by atoms with Crippen LogP contribution < -0.4 is 10.1 Å². The fourth-order valence-electron chi connectivity index (χ4n) is 1.63. The molecule has 0 aliphatic heterocycles. The van der Waals surface area contributed by atoms with Gasteiger partial charge in [0.05, 0.1) is 34.9 Å². The number of hydrogen-bond acceptors (Lipinski definition) is 6. The number of ether oxygens (including phenoxy) is 1. The number of nitrogens with zero attached hydrogens (tertiary/aromatic N) is 2. The van der Waals surface area contributed by atoms with Crippen LogP contribution in [0.5, 0.6) is 5.75 Å². The molecule has 0 fully saturated rings. The number of carbonyl (C=O) groups is 1. The Morgan fingerprint density at radius 1 is 1.59 bits per heavy atom. The summed E-state index contributed by atoms with van der Waals surface area (Å²) in [4.78, 5) is 16.1. The Bertz CT molecular complexity index is 712. The van der Waals surface area contributed by atoms with Crippen LogP contribution in [0.25, 0.3) is 11.3 Å². The number of aromatic nitrogens is 1. The molecule has 5 nitrogen and oxygen atoms in total. The maximum absolute atomic E-state index is 11.7. The van der Waals surface area contributed by atoms with Gasteiger partial charge in [-0.05, 0) is 34.1 Å². The molecular formula is C14H12BrN3O2S2. The zero-order valence-electron chi connectivity index (χ0n) is 11.6. The van der Waals surface area contributed by atoms with Gasteiger partial charge in [-0.25, -0.2) is 4.98 Å². The lowest BCUT2D eigenvalue weighted by Crippen LogP contribution is -2.14. The number of methoxy groups -OCH3 is 1. The SMILES string of the molecule is COc1ccc(-c2csc(NC(=O)CSCC#N)n2)cc1Br. The third-order valence-electron chi connectivity index (χ3n) is 2.60. The summed E-state index contributed by atoms with van der Waals surface area (Å²) in [5.74, 6) is 1.14. The Labute approximate surface area is 144 Å². The number of anilines is 1. The van der Waals surface area contributed by atoms with Crippen molar-refractivity contribution < 1.29 is 9.53 Å². The van der Waals surface area contributed by atoms with E-state index in [4.69, 9.17) is 10.00 Å². The second kappa shape index (κ2) is 8.17. The summed E-state index contributed by atoms with van der Waals surface area (Å²) in [6.45, 7) is 0. The van der Waals surface area contributed by atoms with Gasteiger partial charge in [-0.3, -0.25) is 4.79 Å². The lowest BCUT2D eigenvalue weighted by molar-refractivity contribution is -0.113. The highest BCUT2D eigenvalue weighted by atomic mass is 79.9. The standard InChI is InChI=1S/C14H12BrN3O2S2/c1-20-12-3-2-9(6-10(12)15)11-7-22-14(17-11)18-13(19)8-21-5-4-16/h2-3,6-7H,5,8H2,1H3,(H,17,18,19). The molecule has 0 spiro atoms. The van der Waals surface area contributed by atoms with E-state index >= 15 is 0 Å². The summed E-state index contributed by atoms with van der Waals surface area (Å²) in [5.41, 5.74) is 1.72. The van der Waals surface area contributed by atoms with E-state index in [1.807, 2.05) is 29.6 Å². The third kappa shape index (κ3) is 4.47. The number of nitriles is 1. The van der Waals surface area contributed by atoms with Crippen LogP contribution in [-0.2, 0) is 4.79 Å². The number of carbonyl (C=O) groups excluding carboxylic acids is 1. The van der Waals surface area contributed by atoms with Gasteiger partial charge < -0.3 is 10.1 Å². The van der Waals surface area contributed by atoms with Gasteiger partial charge in [-0.1, -0.05) is 0 Å². The summed E-state index contributed by atoms with van der Waals surface area (Å²) in [6.07, 6.45) is 0. The van der Waals surface area contributed by atoms with E-state index < -0.39 is 0 Å². The van der Waals surface area contributed by atoms with Gasteiger partial charge in [0.2, 0.25) is 5.91 Å². The molecule has 0 aliphatic carbocycles. The average Bonchev–Trinajstić information content (AvgIpc) is 2.96. The molecular weight excluding hydrogens is 386 g/mol. The highest BCUT2D eigenvalue weighted by Crippen LogP contribution is 2.32. The first-order valence-corrected chi connectivity index (χ1v) is 9.00. The number of hydrogen-bond donors (Lipinski definition) is 1. The van der Waals surface area contributed by atoms with Crippen molar-refractivity contribution in [1.82, 2.24) is 4.98 Å². The molecule has 1 N–H and O–H groups in total. The first kappa shape index (κ1) is 16.8. The monoisotopic (exact) mass is 397 g/mol. The predicted octanol–water partition coefficient (Wildman–Crippen LogP) is 3.78. The van der Waals surface area contributed by atoms with Gasteiger partial charge in [0.15, 0.2) is 5.13 Å². The minimum absolute atomic E-state index is 0.155. The maximum Gasteiger partial charge on any atom is 0.236 e. The quantitative estimate of drug-likeness (QED) is 0.750. The lowest BCUT2D eigenvalue weighted by atomic mass is 10.2. The number of thiazole rings is 1. The van der Waals surface area contributed by atoms with E-state index in [0.29, 0.717) is 10.9 Å². The van der Waals surface area contributed by atoms with E-state index in [1.54, 1.807) is 7.11 Å². The van der Waals surface area contributed by atoms with Crippen molar-refractivity contribution in [3.63, 3.8) is 0 Å². The van der Waals surface area contributed by atoms with Crippen LogP contribution in [-0.4, -0.2) is 29.5 Å². The van der Waals surface area contributed by atoms with Gasteiger partial charge in [0.25, 0.3) is 0 Å². The van der Waals surface area contributed by atoms with Gasteiger partial charge in [0, 0.05) is 10.9 Å². The molecule has 114 valence electrons. The minimum atomic E-state index is -0.155. The largest absolute Gasteiger partial charge is 0.496 e. The number of benzene rings is 1. The fourth-order valence-corrected chi connectivity index (χ4v) is 3.36. The smallest absolute Gasteiger partial charge is 0.236 e. The molecule has 8 heteroatoms. The normalized spacial score (nSPS) is 10.0. The highest BCUT2D eigenvalue weighted by molar-refractivity contribution is 9.10. The third-order valence-corrected chi connectivity index (χ3v) is 4.77. The van der Waals surface area contributed by atoms with Crippen LogP contribution in [0.15, 0.2) is 28.1 Å². The Morgan fingerprint density at radius 2 is 2.41 bits per heavy atom. The topological polar surface area (TPSA) is 75.0 Å². The molecule has 2 aromatic rings. The van der Waals surface area contributed by atoms with E-state index in [-0.39, 0.29) is 11.7 Å². The van der Waals surface area contributed by atoms with E-state index in [1.165, 1.54) is 23.1 Å². The highest BCUT2D eigenvalue weighted by Gasteiger charge is 2.10. The number of thioether (sulfide) groups is 1. The maximum atomic E-state index is 11.7. The van der Waals surface area contributed by atoms with E-state index in [0.717, 1.165) is 21.5 Å². The molecule has 0 aliphatic rings. The average molecular weight is 398 g/mol. The molecule has 2 rings (SSSR count). The fraction of sp³-hybridized carbons (Fsp3) is 0.214. The summed E-state index contributed by atoms with van der Waals surface area (Å²) < 4.78 is 6.04. The van der Waals surface area contributed by atoms with Crippen molar-refractivity contribution in [2.24, 2.45) is 0 Å². The van der Waals surface area contributed by atoms with Gasteiger partial charge >= 0.3 is 0 Å². The second-order valence-corrected chi connectivity index (χ2v) is 6.78. The van der Waals surface area contributed by atoms with Crippen LogP contribution in [0.1, 0.15) is 0 Å². The molecule has 0 radical (unpaired) electrons. The number of halogens is 1. The Balaban J connectivity index is 2.04. The van der Waals surface area contributed by atoms with Crippen LogP contribution in [0.2, 0.25) is 0 Å². The Morgan fingerprint density at radius 3 is 3.09 bits per heavy atom. The molecule has 0 atom stereocenters. The van der Waals surface area contributed by atoms with Crippen molar-refractivity contribution >= 4 is 50.1 Å². The number of nitrogens with one attached hydrogen (secondary N) is 1. The summed E-state index contributed by atoms with van der Waals surface area (Å²) in [6, 6.07) is 7.67. The summed E-state index contributed by atoms with van der Waals surface area (Å²) in [7, 11) is 1.61. The first-order valence-electron chi connectivity index (χ1n) is 6.18. The van der Waals surface area contributed by atoms with Crippen LogP contribution >= 0.6 is 39.0 Å². The molecule has 0 bridgehead atoms. The molecule has 0 saturated heterocycles. The van der Waals surface area contributed by atoms with Crippen molar-refractivity contribution in [1.29, 1.82) is 5.26 Å². The van der Waals surface area contributed by atoms with E-state index in [9.17, 15) is 4.79 Å². The second-order valence-electron chi connectivity index (χ2n) is 4.09. The molecule has 1 aromatic carbocycles. The zero-order chi connectivity index (χ0) is 15.9. The lowest BCUT2D eigenvalue weighted by Gasteiger charge is -2.04. The molecule has 1 heterocycles. The van der Waals surface area contributed by atoms with Crippen molar-refractivity contribution in [3.05, 3.63) is 28.1 Å². The van der Waals surface area contributed by atoms with E-state index in [2.05, 4.69) is 26.2 Å². The molecule has 0 unspecified atom stereocenters. The Kier molecular flexibility index (Phi) is 6.24. The van der Waals surface area contributed by atoms with Gasteiger partial charge in [-0.15, -0.1) is 23.1 Å². The van der Waals surface area contributed by atoms with Crippen LogP contribution in [0.4, 0.5) is 5.13 Å². The van der Waals surface area contributed by atoms with Crippen LogP contribution in [0, 0.1) is 11.3 Å². The summed E-state index contributed by atoms with van der Waals surface area (Å²) in [5, 5.41) is 13.6. The van der Waals surface area contributed by atoms with Crippen molar-refractivity contribution in [2.75, 3.05) is 23.9 Å². The number of amides is 1. The van der Waals surface area contributed by atoms with Crippen molar-refractivity contribution in [2.45, 2.75) is 0 Å². The predicted molar refractivity (Wildman–Crippen MR) is 93.4 cm³/mol. The van der Waals surface area contributed by atoms with Crippen molar-refractivity contribution in [3.8, 4) is 23.1 Å². The molecule has 1 aromatic heterocycles. The molecule has 22 heavy (non-hydrogen) atoms. The van der Waals surface area contributed by atoms with Gasteiger partial charge in [-0.2, -0.15) is 5.26 Å².